The smallest absolute Gasteiger partial charge is 0.258 e. The molecule has 0 fully saturated rings. The summed E-state index contributed by atoms with van der Waals surface area (Å²) in [6, 6.07) is 16.8. The highest BCUT2D eigenvalue weighted by Gasteiger charge is 2.17. The summed E-state index contributed by atoms with van der Waals surface area (Å²) in [7, 11) is 0. The number of nitrogens with zero attached hydrogens (tertiary/aromatic N) is 2. The van der Waals surface area contributed by atoms with Crippen LogP contribution in [-0.2, 0) is 4.79 Å². The number of rotatable bonds is 9. The molecule has 9 heteroatoms. The van der Waals surface area contributed by atoms with Crippen LogP contribution >= 0.6 is 11.8 Å². The molecule has 4 rings (SSSR count). The lowest BCUT2D eigenvalue weighted by Crippen LogP contribution is -2.30. The van der Waals surface area contributed by atoms with Gasteiger partial charge in [-0.15, -0.1) is 0 Å². The van der Waals surface area contributed by atoms with E-state index in [-0.39, 0.29) is 24.4 Å². The average Bonchev–Trinajstić information content (AvgIpc) is 3.32. The number of amides is 2. The predicted octanol–water partition coefficient (Wildman–Crippen LogP) is 5.03. The fraction of sp³-hybridized carbons (Fsp3) is 0.269. The summed E-state index contributed by atoms with van der Waals surface area (Å²) in [5, 5.41) is 6.24. The van der Waals surface area contributed by atoms with Gasteiger partial charge in [-0.1, -0.05) is 11.8 Å². The lowest BCUT2D eigenvalue weighted by molar-refractivity contribution is -0.113. The van der Waals surface area contributed by atoms with E-state index in [1.54, 1.807) is 36.5 Å². The Hall–Kier alpha value is -3.72. The quantitative estimate of drug-likeness (QED) is 0.405. The predicted molar refractivity (Wildman–Crippen MR) is 139 cm³/mol. The Morgan fingerprint density at radius 1 is 1.03 bits per heavy atom. The molecule has 0 saturated heterocycles. The highest BCUT2D eigenvalue weighted by molar-refractivity contribution is 8.00. The van der Waals surface area contributed by atoms with Crippen LogP contribution in [0.2, 0.25) is 0 Å². The van der Waals surface area contributed by atoms with Gasteiger partial charge in [0.15, 0.2) is 11.5 Å². The average molecular weight is 493 g/mol. The Kier molecular flexibility index (Phi) is 7.77. The fourth-order valence-electron chi connectivity index (χ4n) is 3.76. The first kappa shape index (κ1) is 24.4. The molecule has 2 heterocycles. The van der Waals surface area contributed by atoms with Gasteiger partial charge in [0, 0.05) is 41.9 Å². The van der Waals surface area contributed by atoms with Gasteiger partial charge in [-0.3, -0.25) is 9.59 Å². The Labute approximate surface area is 209 Å². The summed E-state index contributed by atoms with van der Waals surface area (Å²) in [6.45, 7) is 7.49. The number of nitrogens with one attached hydrogen (secondary N) is 2. The van der Waals surface area contributed by atoms with Gasteiger partial charge in [0.1, 0.15) is 5.03 Å². The van der Waals surface area contributed by atoms with Gasteiger partial charge in [-0.25, -0.2) is 4.98 Å². The molecular formula is C26H28N4O4S. The number of carbonyl (C=O) groups is 2. The molecule has 3 aromatic rings. The summed E-state index contributed by atoms with van der Waals surface area (Å²) in [5.74, 6) is 0.855. The number of anilines is 3. The second-order valence-corrected chi connectivity index (χ2v) is 9.11. The minimum absolute atomic E-state index is 0.0997. The summed E-state index contributed by atoms with van der Waals surface area (Å²) in [6.07, 6.45) is 1.61. The van der Waals surface area contributed by atoms with Crippen molar-refractivity contribution in [3.05, 3.63) is 66.4 Å². The number of benzene rings is 2. The van der Waals surface area contributed by atoms with Gasteiger partial charge in [-0.05, 0) is 69.3 Å². The van der Waals surface area contributed by atoms with E-state index in [9.17, 15) is 9.59 Å². The second-order valence-electron chi connectivity index (χ2n) is 8.14. The lowest BCUT2D eigenvalue weighted by Gasteiger charge is -2.27. The monoisotopic (exact) mass is 492 g/mol. The summed E-state index contributed by atoms with van der Waals surface area (Å²) >= 11 is 1.20. The molecule has 1 aromatic heterocycles. The van der Waals surface area contributed by atoms with Crippen LogP contribution in [0.1, 0.15) is 31.1 Å². The van der Waals surface area contributed by atoms with Crippen LogP contribution in [0.4, 0.5) is 17.1 Å². The second kappa shape index (κ2) is 11.1. The third-order valence-corrected chi connectivity index (χ3v) is 6.44. The van der Waals surface area contributed by atoms with Gasteiger partial charge in [0.2, 0.25) is 12.7 Å². The minimum atomic E-state index is -0.277. The van der Waals surface area contributed by atoms with Crippen LogP contribution in [0.3, 0.4) is 0 Å². The molecule has 1 aliphatic rings. The molecule has 0 atom stereocenters. The van der Waals surface area contributed by atoms with Crippen molar-refractivity contribution >= 4 is 40.6 Å². The van der Waals surface area contributed by atoms with Crippen molar-refractivity contribution < 1.29 is 19.1 Å². The maximum atomic E-state index is 13.0. The van der Waals surface area contributed by atoms with Crippen LogP contribution in [-0.4, -0.2) is 41.9 Å². The molecule has 0 aliphatic carbocycles. The van der Waals surface area contributed by atoms with Crippen molar-refractivity contribution in [3.63, 3.8) is 0 Å². The first-order valence-corrected chi connectivity index (χ1v) is 12.4. The zero-order valence-corrected chi connectivity index (χ0v) is 20.7. The number of pyridine rings is 1. The zero-order valence-electron chi connectivity index (χ0n) is 19.9. The largest absolute Gasteiger partial charge is 0.454 e. The Morgan fingerprint density at radius 2 is 1.77 bits per heavy atom. The zero-order chi connectivity index (χ0) is 24.8. The number of thioether (sulfide) groups is 1. The van der Waals surface area contributed by atoms with E-state index in [0.29, 0.717) is 39.5 Å². The third-order valence-electron chi connectivity index (χ3n) is 5.43. The SMILES string of the molecule is CCN(c1ccc(NC(=O)c2cccnc2SCC(=O)Nc2ccc3c(c2)OCO3)cc1)C(C)C. The number of hydrogen-bond acceptors (Lipinski definition) is 7. The highest BCUT2D eigenvalue weighted by atomic mass is 32.2. The van der Waals surface area contributed by atoms with Crippen molar-refractivity contribution in [2.24, 2.45) is 0 Å². The Morgan fingerprint density at radius 3 is 2.51 bits per heavy atom. The van der Waals surface area contributed by atoms with Crippen LogP contribution < -0.4 is 25.0 Å². The van der Waals surface area contributed by atoms with Gasteiger partial charge < -0.3 is 25.0 Å². The summed E-state index contributed by atoms with van der Waals surface area (Å²) in [4.78, 5) is 32.0. The molecule has 0 saturated carbocycles. The van der Waals surface area contributed by atoms with E-state index >= 15 is 0 Å². The van der Waals surface area contributed by atoms with Gasteiger partial charge in [0.25, 0.3) is 5.91 Å². The van der Waals surface area contributed by atoms with E-state index in [1.807, 2.05) is 24.3 Å². The number of carbonyl (C=O) groups excluding carboxylic acids is 2. The molecule has 0 spiro atoms. The van der Waals surface area contributed by atoms with Crippen LogP contribution in [0.15, 0.2) is 65.8 Å². The van der Waals surface area contributed by atoms with Crippen molar-refractivity contribution in [3.8, 4) is 11.5 Å². The Balaban J connectivity index is 1.36. The maximum absolute atomic E-state index is 13.0. The van der Waals surface area contributed by atoms with Gasteiger partial charge >= 0.3 is 0 Å². The lowest BCUT2D eigenvalue weighted by atomic mass is 10.2. The number of ether oxygens (including phenoxy) is 2. The van der Waals surface area contributed by atoms with E-state index in [4.69, 9.17) is 9.47 Å². The molecule has 1 aliphatic heterocycles. The van der Waals surface area contributed by atoms with E-state index in [1.165, 1.54) is 11.8 Å². The number of fused-ring (bicyclic) bond motifs is 1. The minimum Gasteiger partial charge on any atom is -0.454 e. The number of hydrogen-bond donors (Lipinski definition) is 2. The van der Waals surface area contributed by atoms with Crippen molar-refractivity contribution in [2.45, 2.75) is 31.8 Å². The normalized spacial score (nSPS) is 11.9. The van der Waals surface area contributed by atoms with Crippen molar-refractivity contribution in [2.75, 3.05) is 34.6 Å². The van der Waals surface area contributed by atoms with E-state index in [2.05, 4.69) is 41.3 Å². The summed E-state index contributed by atoms with van der Waals surface area (Å²) in [5.41, 5.74) is 2.82. The van der Waals surface area contributed by atoms with Crippen molar-refractivity contribution in [1.29, 1.82) is 0 Å². The topological polar surface area (TPSA) is 92.8 Å². The van der Waals surface area contributed by atoms with Crippen LogP contribution in [0.25, 0.3) is 0 Å². The van der Waals surface area contributed by atoms with E-state index < -0.39 is 0 Å². The maximum Gasteiger partial charge on any atom is 0.258 e. The standard InChI is InChI=1S/C26H28N4O4S/c1-4-30(17(2)3)20-10-7-18(8-11-20)29-25(32)21-6-5-13-27-26(21)35-15-24(31)28-19-9-12-22-23(14-19)34-16-33-22/h5-14,17H,4,15-16H2,1-3H3,(H,28,31)(H,29,32). The molecule has 2 aromatic carbocycles. The fourth-order valence-corrected chi connectivity index (χ4v) is 4.56. The van der Waals surface area contributed by atoms with E-state index in [0.717, 1.165) is 12.2 Å². The highest BCUT2D eigenvalue weighted by Crippen LogP contribution is 2.34. The third kappa shape index (κ3) is 6.05. The molecule has 0 unspecified atom stereocenters. The first-order chi connectivity index (χ1) is 16.9. The van der Waals surface area contributed by atoms with Crippen LogP contribution in [0, 0.1) is 0 Å². The summed E-state index contributed by atoms with van der Waals surface area (Å²) < 4.78 is 10.6. The molecule has 2 N–H and O–H groups in total. The molecule has 35 heavy (non-hydrogen) atoms. The molecular weight excluding hydrogens is 464 g/mol. The molecule has 8 nitrogen and oxygen atoms in total. The van der Waals surface area contributed by atoms with Crippen molar-refractivity contribution in [1.82, 2.24) is 4.98 Å². The van der Waals surface area contributed by atoms with Gasteiger partial charge in [-0.2, -0.15) is 0 Å². The number of aromatic nitrogens is 1. The molecule has 0 bridgehead atoms. The Bertz CT molecular complexity index is 1200. The molecule has 2 amide bonds. The first-order valence-electron chi connectivity index (χ1n) is 11.4. The van der Waals surface area contributed by atoms with Crippen LogP contribution in [0.5, 0.6) is 11.5 Å². The molecule has 182 valence electrons. The van der Waals surface area contributed by atoms with Gasteiger partial charge in [0.05, 0.1) is 11.3 Å². The molecule has 0 radical (unpaired) electrons.